The number of halogens is 1. The number of rotatable bonds is 10. The molecule has 3 rings (SSSR count). The van der Waals surface area contributed by atoms with Crippen LogP contribution < -0.4 is 20.1 Å². The van der Waals surface area contributed by atoms with Gasteiger partial charge in [-0.2, -0.15) is 0 Å². The Labute approximate surface area is 190 Å². The summed E-state index contributed by atoms with van der Waals surface area (Å²) < 4.78 is 11.0. The summed E-state index contributed by atoms with van der Waals surface area (Å²) in [6, 6.07) is 12.1. The molecule has 1 aliphatic rings. The van der Waals surface area contributed by atoms with E-state index in [1.807, 2.05) is 24.3 Å². The number of guanidine groups is 1. The highest BCUT2D eigenvalue weighted by Crippen LogP contribution is 2.29. The van der Waals surface area contributed by atoms with Crippen LogP contribution in [-0.4, -0.2) is 37.7 Å². The van der Waals surface area contributed by atoms with Crippen LogP contribution in [0.2, 0.25) is 0 Å². The number of hydrogen-bond donors (Lipinski definition) is 2. The minimum Gasteiger partial charge on any atom is -0.497 e. The number of methoxy groups -OCH3 is 1. The standard InChI is InChI=1S/C22H30N4O2.HI/c1-3-23-22(25-13-10-17-6-8-20(27-2)9-7-17)26-15-19-11-12-24-21(14-19)28-16-18-4-5-18;/h6-9,11-12,14,18H,3-5,10,13,15-16H2,1-2H3,(H2,23,25,26);1H. The van der Waals surface area contributed by atoms with Crippen LogP contribution in [0.15, 0.2) is 47.6 Å². The summed E-state index contributed by atoms with van der Waals surface area (Å²) in [5.41, 5.74) is 2.35. The summed E-state index contributed by atoms with van der Waals surface area (Å²) in [6.45, 7) is 5.05. The van der Waals surface area contributed by atoms with E-state index < -0.39 is 0 Å². The van der Waals surface area contributed by atoms with Gasteiger partial charge in [0.05, 0.1) is 20.3 Å². The normalized spacial score (nSPS) is 13.4. The van der Waals surface area contributed by atoms with Crippen molar-refractivity contribution < 1.29 is 9.47 Å². The van der Waals surface area contributed by atoms with Crippen LogP contribution in [-0.2, 0) is 13.0 Å². The molecule has 1 aromatic heterocycles. The second kappa shape index (κ2) is 12.5. The number of benzene rings is 1. The molecule has 29 heavy (non-hydrogen) atoms. The summed E-state index contributed by atoms with van der Waals surface area (Å²) in [5.74, 6) is 3.11. The largest absolute Gasteiger partial charge is 0.497 e. The van der Waals surface area contributed by atoms with Crippen molar-refractivity contribution in [2.24, 2.45) is 10.9 Å². The molecule has 0 spiro atoms. The van der Waals surface area contributed by atoms with Crippen molar-refractivity contribution >= 4 is 29.9 Å². The zero-order chi connectivity index (χ0) is 19.6. The van der Waals surface area contributed by atoms with E-state index in [1.54, 1.807) is 13.3 Å². The minimum absolute atomic E-state index is 0. The first-order valence-corrected chi connectivity index (χ1v) is 9.99. The van der Waals surface area contributed by atoms with Gasteiger partial charge in [0.25, 0.3) is 0 Å². The molecule has 7 heteroatoms. The van der Waals surface area contributed by atoms with Crippen LogP contribution in [0.3, 0.4) is 0 Å². The molecule has 0 amide bonds. The number of nitrogens with one attached hydrogen (secondary N) is 2. The lowest BCUT2D eigenvalue weighted by Gasteiger charge is -2.12. The molecule has 1 aromatic carbocycles. The number of nitrogens with zero attached hydrogens (tertiary/aromatic N) is 2. The molecule has 2 aromatic rings. The quantitative estimate of drug-likeness (QED) is 0.289. The molecule has 0 atom stereocenters. The lowest BCUT2D eigenvalue weighted by molar-refractivity contribution is 0.288. The molecule has 6 nitrogen and oxygen atoms in total. The zero-order valence-corrected chi connectivity index (χ0v) is 19.5. The Hall–Kier alpha value is -2.03. The maximum Gasteiger partial charge on any atom is 0.213 e. The predicted octanol–water partition coefficient (Wildman–Crippen LogP) is 3.79. The van der Waals surface area contributed by atoms with E-state index >= 15 is 0 Å². The molecule has 0 saturated heterocycles. The highest BCUT2D eigenvalue weighted by atomic mass is 127. The van der Waals surface area contributed by atoms with Crippen molar-refractivity contribution in [1.29, 1.82) is 0 Å². The van der Waals surface area contributed by atoms with E-state index in [2.05, 4.69) is 39.7 Å². The topological polar surface area (TPSA) is 67.8 Å². The van der Waals surface area contributed by atoms with Crippen LogP contribution in [0.5, 0.6) is 11.6 Å². The van der Waals surface area contributed by atoms with Crippen molar-refractivity contribution in [2.75, 3.05) is 26.8 Å². The molecule has 0 unspecified atom stereocenters. The van der Waals surface area contributed by atoms with Gasteiger partial charge in [-0.3, -0.25) is 0 Å². The first-order chi connectivity index (χ1) is 13.8. The van der Waals surface area contributed by atoms with E-state index in [9.17, 15) is 0 Å². The Balaban J connectivity index is 0.00000300. The fourth-order valence-electron chi connectivity index (χ4n) is 2.75. The third-order valence-electron chi connectivity index (χ3n) is 4.59. The number of aromatic nitrogens is 1. The van der Waals surface area contributed by atoms with Gasteiger partial charge < -0.3 is 20.1 Å². The molecular formula is C22H31IN4O2. The van der Waals surface area contributed by atoms with E-state index in [0.717, 1.165) is 49.3 Å². The fourth-order valence-corrected chi connectivity index (χ4v) is 2.75. The summed E-state index contributed by atoms with van der Waals surface area (Å²) in [7, 11) is 1.68. The van der Waals surface area contributed by atoms with Gasteiger partial charge in [-0.1, -0.05) is 12.1 Å². The Kier molecular flexibility index (Phi) is 10.0. The van der Waals surface area contributed by atoms with Crippen molar-refractivity contribution in [3.05, 3.63) is 53.7 Å². The summed E-state index contributed by atoms with van der Waals surface area (Å²) >= 11 is 0. The van der Waals surface area contributed by atoms with Crippen LogP contribution in [0.1, 0.15) is 30.9 Å². The average molecular weight is 510 g/mol. The zero-order valence-electron chi connectivity index (χ0n) is 17.2. The molecule has 1 fully saturated rings. The second-order valence-electron chi connectivity index (χ2n) is 6.98. The Morgan fingerprint density at radius 3 is 2.62 bits per heavy atom. The van der Waals surface area contributed by atoms with Gasteiger partial charge in [0.1, 0.15) is 5.75 Å². The molecule has 0 aliphatic heterocycles. The Bertz CT molecular complexity index is 764. The maximum atomic E-state index is 5.76. The van der Waals surface area contributed by atoms with Crippen molar-refractivity contribution in [3.8, 4) is 11.6 Å². The molecule has 0 bridgehead atoms. The van der Waals surface area contributed by atoms with Crippen molar-refractivity contribution in [2.45, 2.75) is 32.7 Å². The first-order valence-electron chi connectivity index (χ1n) is 9.99. The number of aliphatic imine (C=N–C) groups is 1. The number of hydrogen-bond acceptors (Lipinski definition) is 4. The fraction of sp³-hybridized carbons (Fsp3) is 0.455. The first kappa shape index (κ1) is 23.3. The second-order valence-corrected chi connectivity index (χ2v) is 6.98. The van der Waals surface area contributed by atoms with Gasteiger partial charge in [-0.05, 0) is 61.4 Å². The van der Waals surface area contributed by atoms with Gasteiger partial charge >= 0.3 is 0 Å². The van der Waals surface area contributed by atoms with Crippen molar-refractivity contribution in [3.63, 3.8) is 0 Å². The van der Waals surface area contributed by atoms with E-state index in [0.29, 0.717) is 12.4 Å². The summed E-state index contributed by atoms with van der Waals surface area (Å²) in [5, 5.41) is 6.68. The van der Waals surface area contributed by atoms with Gasteiger partial charge in [0.2, 0.25) is 5.88 Å². The lowest BCUT2D eigenvalue weighted by Crippen LogP contribution is -2.38. The Morgan fingerprint density at radius 2 is 1.93 bits per heavy atom. The number of pyridine rings is 1. The van der Waals surface area contributed by atoms with Crippen molar-refractivity contribution in [1.82, 2.24) is 15.6 Å². The SMILES string of the molecule is CCNC(=NCc1ccnc(OCC2CC2)c1)NCCc1ccc(OC)cc1.I. The smallest absolute Gasteiger partial charge is 0.213 e. The lowest BCUT2D eigenvalue weighted by atomic mass is 10.1. The third-order valence-corrected chi connectivity index (χ3v) is 4.59. The molecule has 1 aliphatic carbocycles. The molecule has 0 radical (unpaired) electrons. The summed E-state index contributed by atoms with van der Waals surface area (Å²) in [6.07, 6.45) is 5.26. The van der Waals surface area contributed by atoms with Gasteiger partial charge in [-0.25, -0.2) is 9.98 Å². The third kappa shape index (κ3) is 8.47. The Morgan fingerprint density at radius 1 is 1.14 bits per heavy atom. The van der Waals surface area contributed by atoms with Gasteiger partial charge in [-0.15, -0.1) is 24.0 Å². The van der Waals surface area contributed by atoms with Gasteiger partial charge in [0, 0.05) is 25.4 Å². The molecule has 158 valence electrons. The number of ether oxygens (including phenoxy) is 2. The van der Waals surface area contributed by atoms with Gasteiger partial charge in [0.15, 0.2) is 5.96 Å². The van der Waals surface area contributed by atoms with Crippen LogP contribution in [0.4, 0.5) is 0 Å². The van der Waals surface area contributed by atoms with Crippen LogP contribution >= 0.6 is 24.0 Å². The van der Waals surface area contributed by atoms with E-state index in [-0.39, 0.29) is 24.0 Å². The van der Waals surface area contributed by atoms with Crippen LogP contribution in [0, 0.1) is 5.92 Å². The predicted molar refractivity (Wildman–Crippen MR) is 127 cm³/mol. The minimum atomic E-state index is 0. The molecular weight excluding hydrogens is 479 g/mol. The molecule has 1 heterocycles. The highest BCUT2D eigenvalue weighted by molar-refractivity contribution is 14.0. The molecule has 1 saturated carbocycles. The maximum absolute atomic E-state index is 5.76. The van der Waals surface area contributed by atoms with Crippen LogP contribution in [0.25, 0.3) is 0 Å². The molecule has 2 N–H and O–H groups in total. The average Bonchev–Trinajstić information content (AvgIpc) is 3.56. The highest BCUT2D eigenvalue weighted by Gasteiger charge is 2.22. The van der Waals surface area contributed by atoms with E-state index in [1.165, 1.54) is 18.4 Å². The summed E-state index contributed by atoms with van der Waals surface area (Å²) in [4.78, 5) is 8.97. The monoisotopic (exact) mass is 510 g/mol. The van der Waals surface area contributed by atoms with E-state index in [4.69, 9.17) is 9.47 Å².